The standard InChI is InChI=1S/C15H22N4O3/c1-19(5-6-20)4-3-7-22-14-9-12-11(8-13(14)21-2)15(16)18-10-17-12/h8-10,20H,3-7H2,1-2H3,(H2,16,17,18). The number of aliphatic hydroxyl groups is 1. The van der Waals surface area contributed by atoms with Crippen molar-refractivity contribution in [1.82, 2.24) is 14.9 Å². The van der Waals surface area contributed by atoms with E-state index in [1.807, 2.05) is 13.1 Å². The summed E-state index contributed by atoms with van der Waals surface area (Å²) in [5, 5.41) is 9.60. The van der Waals surface area contributed by atoms with Gasteiger partial charge in [-0.1, -0.05) is 0 Å². The van der Waals surface area contributed by atoms with Gasteiger partial charge in [-0.05, 0) is 19.5 Å². The molecule has 0 radical (unpaired) electrons. The molecular weight excluding hydrogens is 284 g/mol. The number of ether oxygens (including phenoxy) is 2. The summed E-state index contributed by atoms with van der Waals surface area (Å²) in [6.45, 7) is 2.23. The lowest BCUT2D eigenvalue weighted by Gasteiger charge is -2.16. The second-order valence-electron chi connectivity index (χ2n) is 5.01. The summed E-state index contributed by atoms with van der Waals surface area (Å²) in [5.74, 6) is 1.66. The highest BCUT2D eigenvalue weighted by molar-refractivity contribution is 5.90. The number of hydrogen-bond donors (Lipinski definition) is 2. The number of anilines is 1. The molecule has 2 aromatic rings. The lowest BCUT2D eigenvalue weighted by Crippen LogP contribution is -2.24. The molecule has 22 heavy (non-hydrogen) atoms. The maximum Gasteiger partial charge on any atom is 0.163 e. The highest BCUT2D eigenvalue weighted by Gasteiger charge is 2.10. The molecule has 0 saturated carbocycles. The molecule has 1 aromatic heterocycles. The smallest absolute Gasteiger partial charge is 0.163 e. The van der Waals surface area contributed by atoms with Gasteiger partial charge in [-0.25, -0.2) is 9.97 Å². The first kappa shape index (κ1) is 16.3. The van der Waals surface area contributed by atoms with Crippen LogP contribution in [0.4, 0.5) is 5.82 Å². The van der Waals surface area contributed by atoms with Gasteiger partial charge in [0, 0.05) is 24.5 Å². The van der Waals surface area contributed by atoms with E-state index in [1.54, 1.807) is 13.2 Å². The number of aliphatic hydroxyl groups excluding tert-OH is 1. The summed E-state index contributed by atoms with van der Waals surface area (Å²) in [4.78, 5) is 10.2. The number of hydrogen-bond acceptors (Lipinski definition) is 7. The quantitative estimate of drug-likeness (QED) is 0.700. The highest BCUT2D eigenvalue weighted by Crippen LogP contribution is 2.33. The number of fused-ring (bicyclic) bond motifs is 1. The topological polar surface area (TPSA) is 93.7 Å². The Morgan fingerprint density at radius 1 is 1.23 bits per heavy atom. The predicted octanol–water partition coefficient (Wildman–Crippen LogP) is 0.914. The number of nitrogens with two attached hydrogens (primary N) is 1. The highest BCUT2D eigenvalue weighted by atomic mass is 16.5. The van der Waals surface area contributed by atoms with Crippen molar-refractivity contribution in [1.29, 1.82) is 0 Å². The van der Waals surface area contributed by atoms with Crippen molar-refractivity contribution in [3.8, 4) is 11.5 Å². The second kappa shape index (κ2) is 7.77. The number of benzene rings is 1. The molecule has 0 spiro atoms. The van der Waals surface area contributed by atoms with Gasteiger partial charge in [0.05, 0.1) is 25.8 Å². The van der Waals surface area contributed by atoms with E-state index in [1.165, 1.54) is 6.33 Å². The Labute approximate surface area is 129 Å². The van der Waals surface area contributed by atoms with Crippen LogP contribution in [0.1, 0.15) is 6.42 Å². The number of rotatable bonds is 8. The third-order valence-corrected chi connectivity index (χ3v) is 3.38. The van der Waals surface area contributed by atoms with Gasteiger partial charge in [0.25, 0.3) is 0 Å². The van der Waals surface area contributed by atoms with Crippen LogP contribution < -0.4 is 15.2 Å². The Morgan fingerprint density at radius 3 is 2.77 bits per heavy atom. The van der Waals surface area contributed by atoms with Crippen LogP contribution in [0.15, 0.2) is 18.5 Å². The molecule has 7 heteroatoms. The molecule has 0 fully saturated rings. The van der Waals surface area contributed by atoms with Crippen molar-refractivity contribution < 1.29 is 14.6 Å². The summed E-state index contributed by atoms with van der Waals surface area (Å²) < 4.78 is 11.1. The van der Waals surface area contributed by atoms with Crippen LogP contribution in [0, 0.1) is 0 Å². The van der Waals surface area contributed by atoms with Crippen molar-refractivity contribution in [3.05, 3.63) is 18.5 Å². The normalized spacial score (nSPS) is 11.1. The van der Waals surface area contributed by atoms with Crippen molar-refractivity contribution >= 4 is 16.7 Å². The van der Waals surface area contributed by atoms with Gasteiger partial charge in [-0.2, -0.15) is 0 Å². The molecule has 1 heterocycles. The van der Waals surface area contributed by atoms with E-state index in [4.69, 9.17) is 20.3 Å². The molecule has 0 bridgehead atoms. The molecule has 7 nitrogen and oxygen atoms in total. The first-order chi connectivity index (χ1) is 10.7. The monoisotopic (exact) mass is 306 g/mol. The maximum atomic E-state index is 8.85. The third kappa shape index (κ3) is 3.96. The number of likely N-dealkylation sites (N-methyl/N-ethyl adjacent to an activating group) is 1. The fourth-order valence-electron chi connectivity index (χ4n) is 2.16. The molecule has 1 aromatic carbocycles. The van der Waals surface area contributed by atoms with E-state index in [2.05, 4.69) is 14.9 Å². The second-order valence-corrected chi connectivity index (χ2v) is 5.01. The molecule has 0 atom stereocenters. The van der Waals surface area contributed by atoms with Gasteiger partial charge in [-0.3, -0.25) is 0 Å². The Hall–Kier alpha value is -2.12. The number of nitrogen functional groups attached to an aromatic ring is 1. The van der Waals surface area contributed by atoms with Crippen LogP contribution in [0.5, 0.6) is 11.5 Å². The molecule has 0 aliphatic heterocycles. The number of nitrogens with zero attached hydrogens (tertiary/aromatic N) is 3. The van der Waals surface area contributed by atoms with Crippen molar-refractivity contribution in [2.75, 3.05) is 46.2 Å². The molecule has 120 valence electrons. The summed E-state index contributed by atoms with van der Waals surface area (Å²) in [5.41, 5.74) is 6.56. The predicted molar refractivity (Wildman–Crippen MR) is 85.2 cm³/mol. The van der Waals surface area contributed by atoms with E-state index < -0.39 is 0 Å². The zero-order valence-electron chi connectivity index (χ0n) is 13.0. The minimum absolute atomic E-state index is 0.164. The third-order valence-electron chi connectivity index (χ3n) is 3.38. The summed E-state index contributed by atoms with van der Waals surface area (Å²) in [7, 11) is 3.55. The van der Waals surface area contributed by atoms with Crippen LogP contribution in [0.25, 0.3) is 10.9 Å². The first-order valence-electron chi connectivity index (χ1n) is 7.16. The van der Waals surface area contributed by atoms with Gasteiger partial charge < -0.3 is 25.2 Å². The molecule has 0 saturated heterocycles. The largest absolute Gasteiger partial charge is 0.493 e. The van der Waals surface area contributed by atoms with E-state index in [0.717, 1.165) is 23.9 Å². The average molecular weight is 306 g/mol. The Morgan fingerprint density at radius 2 is 2.05 bits per heavy atom. The van der Waals surface area contributed by atoms with Gasteiger partial charge in [0.2, 0.25) is 0 Å². The van der Waals surface area contributed by atoms with E-state index in [9.17, 15) is 0 Å². The lowest BCUT2D eigenvalue weighted by molar-refractivity contribution is 0.206. The molecule has 0 amide bonds. The van der Waals surface area contributed by atoms with Gasteiger partial charge >= 0.3 is 0 Å². The van der Waals surface area contributed by atoms with Crippen LogP contribution in [-0.4, -0.2) is 60.4 Å². The summed E-state index contributed by atoms with van der Waals surface area (Å²) in [6, 6.07) is 3.60. The van der Waals surface area contributed by atoms with E-state index in [-0.39, 0.29) is 6.61 Å². The molecule has 3 N–H and O–H groups in total. The lowest BCUT2D eigenvalue weighted by atomic mass is 10.2. The number of aromatic nitrogens is 2. The summed E-state index contributed by atoms with van der Waals surface area (Å²) >= 11 is 0. The minimum atomic E-state index is 0.164. The molecule has 2 rings (SSSR count). The van der Waals surface area contributed by atoms with E-state index >= 15 is 0 Å². The zero-order valence-corrected chi connectivity index (χ0v) is 13.0. The first-order valence-corrected chi connectivity index (χ1v) is 7.16. The van der Waals surface area contributed by atoms with Crippen LogP contribution >= 0.6 is 0 Å². The van der Waals surface area contributed by atoms with Crippen molar-refractivity contribution in [2.45, 2.75) is 6.42 Å². The van der Waals surface area contributed by atoms with Gasteiger partial charge in [-0.15, -0.1) is 0 Å². The minimum Gasteiger partial charge on any atom is -0.493 e. The summed E-state index contributed by atoms with van der Waals surface area (Å²) in [6.07, 6.45) is 2.28. The molecule has 0 unspecified atom stereocenters. The van der Waals surface area contributed by atoms with Crippen molar-refractivity contribution in [2.24, 2.45) is 0 Å². The van der Waals surface area contributed by atoms with Gasteiger partial charge in [0.15, 0.2) is 11.5 Å². The van der Waals surface area contributed by atoms with E-state index in [0.29, 0.717) is 30.5 Å². The van der Waals surface area contributed by atoms with Crippen LogP contribution in [0.2, 0.25) is 0 Å². The average Bonchev–Trinajstić information content (AvgIpc) is 2.51. The Balaban J connectivity index is 2.04. The molecule has 0 aliphatic carbocycles. The fraction of sp³-hybridized carbons (Fsp3) is 0.467. The zero-order chi connectivity index (χ0) is 15.9. The maximum absolute atomic E-state index is 8.85. The Bertz CT molecular complexity index is 621. The molecule has 0 aliphatic rings. The van der Waals surface area contributed by atoms with Crippen LogP contribution in [0.3, 0.4) is 0 Å². The van der Waals surface area contributed by atoms with Crippen LogP contribution in [-0.2, 0) is 0 Å². The fourth-order valence-corrected chi connectivity index (χ4v) is 2.16. The Kier molecular flexibility index (Phi) is 5.74. The number of methoxy groups -OCH3 is 1. The van der Waals surface area contributed by atoms with Crippen molar-refractivity contribution in [3.63, 3.8) is 0 Å². The SMILES string of the molecule is COc1cc2c(N)ncnc2cc1OCCCN(C)CCO. The molecular formula is C15H22N4O3. The van der Waals surface area contributed by atoms with Gasteiger partial charge in [0.1, 0.15) is 12.1 Å².